The molecule has 2 aliphatic heterocycles. The van der Waals surface area contributed by atoms with Crippen LogP contribution >= 0.6 is 15.9 Å². The molecule has 3 aromatic carbocycles. The third-order valence-corrected chi connectivity index (χ3v) is 6.46. The maximum Gasteiger partial charge on any atom is 0.271 e. The van der Waals surface area contributed by atoms with Gasteiger partial charge in [0.05, 0.1) is 29.4 Å². The number of rotatable bonds is 5. The summed E-state index contributed by atoms with van der Waals surface area (Å²) >= 11 is 3.36. The van der Waals surface area contributed by atoms with Crippen LogP contribution in [0.2, 0.25) is 0 Å². The molecule has 2 aliphatic rings. The highest BCUT2D eigenvalue weighted by atomic mass is 79.9. The molecule has 10 heteroatoms. The second kappa shape index (κ2) is 8.54. The smallest absolute Gasteiger partial charge is 0.271 e. The predicted octanol–water partition coefficient (Wildman–Crippen LogP) is 4.42. The summed E-state index contributed by atoms with van der Waals surface area (Å²) in [6, 6.07) is 19.2. The Labute approximate surface area is 202 Å². The normalized spacial score (nSPS) is 21.6. The summed E-state index contributed by atoms with van der Waals surface area (Å²) in [5.74, 6) is -1.18. The molecule has 0 aliphatic carbocycles. The van der Waals surface area contributed by atoms with Crippen LogP contribution in [0.4, 0.5) is 17.1 Å². The van der Waals surface area contributed by atoms with Crippen LogP contribution in [0, 0.1) is 16.0 Å². The molecule has 3 aromatic rings. The van der Waals surface area contributed by atoms with Gasteiger partial charge in [-0.3, -0.25) is 24.5 Å². The molecule has 34 heavy (non-hydrogen) atoms. The summed E-state index contributed by atoms with van der Waals surface area (Å²) < 4.78 is 6.17. The fourth-order valence-electron chi connectivity index (χ4n) is 4.39. The maximum absolute atomic E-state index is 13.6. The quantitative estimate of drug-likeness (QED) is 0.277. The van der Waals surface area contributed by atoms with Gasteiger partial charge >= 0.3 is 0 Å². The van der Waals surface area contributed by atoms with Crippen molar-refractivity contribution < 1.29 is 24.1 Å². The number of amides is 2. The van der Waals surface area contributed by atoms with Gasteiger partial charge in [0, 0.05) is 16.6 Å². The van der Waals surface area contributed by atoms with Gasteiger partial charge in [-0.15, -0.1) is 0 Å². The first-order valence-corrected chi connectivity index (χ1v) is 11.2. The largest absolute Gasteiger partial charge is 0.497 e. The summed E-state index contributed by atoms with van der Waals surface area (Å²) in [6.07, 6.45) is -1.08. The van der Waals surface area contributed by atoms with Crippen LogP contribution in [0.5, 0.6) is 5.75 Å². The number of hydrogen-bond donors (Lipinski definition) is 0. The maximum atomic E-state index is 13.6. The van der Waals surface area contributed by atoms with E-state index >= 15 is 0 Å². The number of carbonyl (C=O) groups is 2. The number of non-ortho nitro benzene ring substituents is 1. The van der Waals surface area contributed by atoms with E-state index in [-0.39, 0.29) is 5.69 Å². The molecule has 9 nitrogen and oxygen atoms in total. The average Bonchev–Trinajstić information content (AvgIpc) is 3.36. The number of hydroxylamine groups is 1. The van der Waals surface area contributed by atoms with E-state index in [1.165, 1.54) is 30.4 Å². The Balaban J connectivity index is 1.60. The van der Waals surface area contributed by atoms with Crippen molar-refractivity contribution in [1.29, 1.82) is 0 Å². The fourth-order valence-corrected chi connectivity index (χ4v) is 4.66. The highest BCUT2D eigenvalue weighted by Crippen LogP contribution is 2.48. The zero-order valence-corrected chi connectivity index (χ0v) is 19.4. The molecule has 3 atom stereocenters. The molecule has 2 amide bonds. The van der Waals surface area contributed by atoms with Crippen molar-refractivity contribution in [2.75, 3.05) is 17.1 Å². The van der Waals surface area contributed by atoms with Crippen molar-refractivity contribution >= 4 is 44.8 Å². The molecule has 0 N–H and O–H groups in total. The van der Waals surface area contributed by atoms with E-state index in [1.807, 2.05) is 6.07 Å². The van der Waals surface area contributed by atoms with Gasteiger partial charge in [0.2, 0.25) is 5.91 Å². The minimum Gasteiger partial charge on any atom is -0.497 e. The minimum absolute atomic E-state index is 0.128. The van der Waals surface area contributed by atoms with Crippen molar-refractivity contribution in [3.05, 3.63) is 92.9 Å². The minimum atomic E-state index is -1.08. The van der Waals surface area contributed by atoms with Gasteiger partial charge in [-0.2, -0.15) is 0 Å². The molecule has 0 aromatic heterocycles. The Kier molecular flexibility index (Phi) is 5.54. The van der Waals surface area contributed by atoms with Crippen LogP contribution in [0.3, 0.4) is 0 Å². The number of fused-ring (bicyclic) bond motifs is 1. The third kappa shape index (κ3) is 3.61. The molecular weight excluding hydrogens is 506 g/mol. The Morgan fingerprint density at radius 3 is 2.41 bits per heavy atom. The zero-order valence-electron chi connectivity index (χ0n) is 17.8. The average molecular weight is 524 g/mol. The van der Waals surface area contributed by atoms with Gasteiger partial charge in [-0.25, -0.2) is 9.96 Å². The van der Waals surface area contributed by atoms with E-state index in [1.54, 1.807) is 48.5 Å². The number of halogens is 1. The van der Waals surface area contributed by atoms with E-state index in [0.29, 0.717) is 22.7 Å². The molecule has 0 radical (unpaired) electrons. The number of methoxy groups -OCH3 is 1. The molecule has 2 heterocycles. The standard InChI is InChI=1S/C24H18BrN3O6/c1-33-19-7-2-4-14(12-19)21-20-22(34-27(21)17-5-3-6-18(13-17)28(31)32)24(30)26(23(20)29)16-10-8-15(25)9-11-16/h2-13,20-22H,1H3/t20-,21+,22-/m1/s1. The Hall–Kier alpha value is -3.76. The molecule has 172 valence electrons. The van der Waals surface area contributed by atoms with Crippen LogP contribution in [0.15, 0.2) is 77.3 Å². The molecule has 2 fully saturated rings. The van der Waals surface area contributed by atoms with Gasteiger partial charge < -0.3 is 4.74 Å². The lowest BCUT2D eigenvalue weighted by atomic mass is 9.90. The number of anilines is 2. The van der Waals surface area contributed by atoms with Gasteiger partial charge in [0.1, 0.15) is 11.7 Å². The summed E-state index contributed by atoms with van der Waals surface area (Å²) in [4.78, 5) is 45.0. The van der Waals surface area contributed by atoms with Gasteiger partial charge in [-0.1, -0.05) is 34.1 Å². The molecule has 2 saturated heterocycles. The van der Waals surface area contributed by atoms with Crippen LogP contribution < -0.4 is 14.7 Å². The van der Waals surface area contributed by atoms with E-state index in [2.05, 4.69) is 15.9 Å². The molecule has 0 spiro atoms. The number of nitrogens with zero attached hydrogens (tertiary/aromatic N) is 3. The first-order chi connectivity index (χ1) is 16.4. The van der Waals surface area contributed by atoms with E-state index in [4.69, 9.17) is 9.57 Å². The summed E-state index contributed by atoms with van der Waals surface area (Å²) in [7, 11) is 1.53. The number of ether oxygens (including phenoxy) is 1. The number of imide groups is 1. The number of hydrogen-bond acceptors (Lipinski definition) is 7. The molecule has 0 unspecified atom stereocenters. The highest BCUT2D eigenvalue weighted by molar-refractivity contribution is 9.10. The number of carbonyl (C=O) groups excluding carboxylic acids is 2. The lowest BCUT2D eigenvalue weighted by molar-refractivity contribution is -0.384. The number of nitro benzene ring substituents is 1. The second-order valence-electron chi connectivity index (χ2n) is 7.86. The van der Waals surface area contributed by atoms with Crippen LogP contribution in [-0.2, 0) is 14.4 Å². The van der Waals surface area contributed by atoms with Crippen molar-refractivity contribution in [1.82, 2.24) is 0 Å². The van der Waals surface area contributed by atoms with Crippen molar-refractivity contribution in [3.63, 3.8) is 0 Å². The first-order valence-electron chi connectivity index (χ1n) is 10.4. The molecular formula is C24H18BrN3O6. The Morgan fingerprint density at radius 2 is 1.71 bits per heavy atom. The SMILES string of the molecule is COc1cccc([C@H]2[C@H]3C(=O)N(c4ccc(Br)cc4)C(=O)[C@@H]3ON2c2cccc([N+](=O)[O-])c2)c1. The second-order valence-corrected chi connectivity index (χ2v) is 8.78. The number of nitro groups is 1. The topological polar surface area (TPSA) is 102 Å². The first kappa shape index (κ1) is 22.1. The van der Waals surface area contributed by atoms with Crippen molar-refractivity contribution in [3.8, 4) is 5.75 Å². The third-order valence-electron chi connectivity index (χ3n) is 5.93. The van der Waals surface area contributed by atoms with Crippen molar-refractivity contribution in [2.24, 2.45) is 5.92 Å². The number of benzene rings is 3. The van der Waals surface area contributed by atoms with E-state index in [0.717, 1.165) is 9.37 Å². The summed E-state index contributed by atoms with van der Waals surface area (Å²) in [6.45, 7) is 0. The lowest BCUT2D eigenvalue weighted by Crippen LogP contribution is -2.37. The predicted molar refractivity (Wildman–Crippen MR) is 126 cm³/mol. The van der Waals surface area contributed by atoms with Crippen LogP contribution in [0.1, 0.15) is 11.6 Å². The van der Waals surface area contributed by atoms with Crippen LogP contribution in [-0.4, -0.2) is 30.0 Å². The van der Waals surface area contributed by atoms with Gasteiger partial charge in [-0.05, 0) is 48.0 Å². The van der Waals surface area contributed by atoms with Crippen molar-refractivity contribution in [2.45, 2.75) is 12.1 Å². The monoisotopic (exact) mass is 523 g/mol. The van der Waals surface area contributed by atoms with Crippen LogP contribution in [0.25, 0.3) is 0 Å². The molecule has 0 saturated carbocycles. The summed E-state index contributed by atoms with van der Waals surface area (Å²) in [5, 5.41) is 12.8. The highest BCUT2D eigenvalue weighted by Gasteiger charge is 2.60. The van der Waals surface area contributed by atoms with Gasteiger partial charge in [0.15, 0.2) is 6.10 Å². The lowest BCUT2D eigenvalue weighted by Gasteiger charge is -2.28. The van der Waals surface area contributed by atoms with E-state index in [9.17, 15) is 19.7 Å². The Morgan fingerprint density at radius 1 is 0.971 bits per heavy atom. The molecule has 0 bridgehead atoms. The molecule has 5 rings (SSSR count). The summed E-state index contributed by atoms with van der Waals surface area (Å²) in [5.41, 5.74) is 1.36. The van der Waals surface area contributed by atoms with Gasteiger partial charge in [0.25, 0.3) is 11.6 Å². The zero-order chi connectivity index (χ0) is 24.0. The Bertz CT molecular complexity index is 1300. The van der Waals surface area contributed by atoms with E-state index < -0.39 is 34.8 Å². The fraction of sp³-hybridized carbons (Fsp3) is 0.167.